The molecule has 0 aliphatic carbocycles. The van der Waals surface area contributed by atoms with Crippen molar-refractivity contribution in [1.29, 1.82) is 0 Å². The molecule has 22 heavy (non-hydrogen) atoms. The van der Waals surface area contributed by atoms with Gasteiger partial charge in [-0.15, -0.1) is 0 Å². The molecule has 0 N–H and O–H groups in total. The number of nitrogens with zero attached hydrogens (tertiary/aromatic N) is 3. The van der Waals surface area contributed by atoms with Crippen molar-refractivity contribution in [3.63, 3.8) is 0 Å². The zero-order valence-corrected chi connectivity index (χ0v) is 12.4. The standard InChI is InChI=1S/C17H19N3O2/c21-17(14-22-16-7-4-8-18-13-16)20-11-9-19(10-12-20)15-5-2-1-3-6-15/h1-8,13H,9-12,14H2. The smallest absolute Gasteiger partial charge is 0.260 e. The van der Waals surface area contributed by atoms with Crippen molar-refractivity contribution in [3.05, 3.63) is 54.9 Å². The van der Waals surface area contributed by atoms with Gasteiger partial charge in [-0.1, -0.05) is 18.2 Å². The topological polar surface area (TPSA) is 45.7 Å². The van der Waals surface area contributed by atoms with Crippen molar-refractivity contribution in [3.8, 4) is 5.75 Å². The van der Waals surface area contributed by atoms with E-state index in [-0.39, 0.29) is 12.5 Å². The van der Waals surface area contributed by atoms with Crippen LogP contribution in [0.5, 0.6) is 5.75 Å². The summed E-state index contributed by atoms with van der Waals surface area (Å²) < 4.78 is 5.47. The number of rotatable bonds is 4. The second-order valence-electron chi connectivity index (χ2n) is 5.18. The number of hydrogen-bond acceptors (Lipinski definition) is 4. The number of carbonyl (C=O) groups is 1. The van der Waals surface area contributed by atoms with E-state index in [2.05, 4.69) is 22.0 Å². The fraction of sp³-hybridized carbons (Fsp3) is 0.294. The lowest BCUT2D eigenvalue weighted by atomic mass is 10.2. The van der Waals surface area contributed by atoms with Gasteiger partial charge in [0.05, 0.1) is 6.20 Å². The maximum absolute atomic E-state index is 12.2. The molecule has 1 aliphatic heterocycles. The molecule has 2 aromatic rings. The van der Waals surface area contributed by atoms with Crippen LogP contribution in [0, 0.1) is 0 Å². The lowest BCUT2D eigenvalue weighted by Crippen LogP contribution is -2.50. The van der Waals surface area contributed by atoms with E-state index in [1.54, 1.807) is 24.5 Å². The molecule has 0 radical (unpaired) electrons. The number of hydrogen-bond donors (Lipinski definition) is 0. The molecule has 1 aromatic carbocycles. The Balaban J connectivity index is 1.48. The van der Waals surface area contributed by atoms with E-state index in [9.17, 15) is 4.79 Å². The monoisotopic (exact) mass is 297 g/mol. The zero-order chi connectivity index (χ0) is 15.2. The van der Waals surface area contributed by atoms with Crippen LogP contribution in [0.15, 0.2) is 54.9 Å². The molecule has 0 saturated carbocycles. The fourth-order valence-electron chi connectivity index (χ4n) is 2.52. The van der Waals surface area contributed by atoms with Gasteiger partial charge in [-0.2, -0.15) is 0 Å². The van der Waals surface area contributed by atoms with Gasteiger partial charge in [0.15, 0.2) is 6.61 Å². The van der Waals surface area contributed by atoms with E-state index in [1.165, 1.54) is 5.69 Å². The fourth-order valence-corrected chi connectivity index (χ4v) is 2.52. The van der Waals surface area contributed by atoms with Crippen LogP contribution >= 0.6 is 0 Å². The second-order valence-corrected chi connectivity index (χ2v) is 5.18. The molecular weight excluding hydrogens is 278 g/mol. The van der Waals surface area contributed by atoms with Crippen molar-refractivity contribution in [2.75, 3.05) is 37.7 Å². The van der Waals surface area contributed by atoms with Crippen molar-refractivity contribution >= 4 is 11.6 Å². The molecule has 0 atom stereocenters. The van der Waals surface area contributed by atoms with Crippen LogP contribution in [-0.2, 0) is 4.79 Å². The largest absolute Gasteiger partial charge is 0.482 e. The van der Waals surface area contributed by atoms with Gasteiger partial charge in [0, 0.05) is 38.1 Å². The molecular formula is C17H19N3O2. The average molecular weight is 297 g/mol. The van der Waals surface area contributed by atoms with Gasteiger partial charge in [-0.25, -0.2) is 0 Å². The van der Waals surface area contributed by atoms with Crippen molar-refractivity contribution in [2.45, 2.75) is 0 Å². The number of piperazine rings is 1. The van der Waals surface area contributed by atoms with E-state index < -0.39 is 0 Å². The molecule has 1 aromatic heterocycles. The minimum atomic E-state index is 0.0246. The summed E-state index contributed by atoms with van der Waals surface area (Å²) in [6.07, 6.45) is 3.29. The Bertz CT molecular complexity index is 596. The average Bonchev–Trinajstić information content (AvgIpc) is 2.61. The lowest BCUT2D eigenvalue weighted by molar-refractivity contribution is -0.133. The SMILES string of the molecule is O=C(COc1cccnc1)N1CCN(c2ccccc2)CC1. The Morgan fingerprint density at radius 1 is 1.05 bits per heavy atom. The van der Waals surface area contributed by atoms with Crippen molar-refractivity contribution in [1.82, 2.24) is 9.88 Å². The highest BCUT2D eigenvalue weighted by Crippen LogP contribution is 2.15. The summed E-state index contributed by atoms with van der Waals surface area (Å²) in [4.78, 5) is 20.3. The number of anilines is 1. The van der Waals surface area contributed by atoms with Crippen molar-refractivity contribution in [2.24, 2.45) is 0 Å². The molecule has 1 aliphatic rings. The number of para-hydroxylation sites is 1. The van der Waals surface area contributed by atoms with E-state index in [4.69, 9.17) is 4.74 Å². The third-order valence-corrected chi connectivity index (χ3v) is 3.75. The number of pyridine rings is 1. The van der Waals surface area contributed by atoms with Gasteiger partial charge in [0.2, 0.25) is 0 Å². The van der Waals surface area contributed by atoms with Crippen LogP contribution in [0.2, 0.25) is 0 Å². The second kappa shape index (κ2) is 6.93. The first kappa shape index (κ1) is 14.4. The van der Waals surface area contributed by atoms with E-state index in [0.717, 1.165) is 26.2 Å². The first-order valence-corrected chi connectivity index (χ1v) is 7.43. The lowest BCUT2D eigenvalue weighted by Gasteiger charge is -2.36. The molecule has 5 nitrogen and oxygen atoms in total. The number of amides is 1. The zero-order valence-electron chi connectivity index (χ0n) is 12.4. The normalized spacial score (nSPS) is 14.7. The van der Waals surface area contributed by atoms with E-state index >= 15 is 0 Å². The van der Waals surface area contributed by atoms with Gasteiger partial charge in [0.1, 0.15) is 5.75 Å². The Morgan fingerprint density at radius 2 is 1.82 bits per heavy atom. The number of benzene rings is 1. The van der Waals surface area contributed by atoms with Crippen LogP contribution < -0.4 is 9.64 Å². The summed E-state index contributed by atoms with van der Waals surface area (Å²) >= 11 is 0. The molecule has 1 fully saturated rings. The Hall–Kier alpha value is -2.56. The van der Waals surface area contributed by atoms with Gasteiger partial charge in [-0.3, -0.25) is 9.78 Å². The molecule has 0 unspecified atom stereocenters. The number of aromatic nitrogens is 1. The molecule has 114 valence electrons. The molecule has 0 bridgehead atoms. The van der Waals surface area contributed by atoms with E-state index in [0.29, 0.717) is 5.75 Å². The van der Waals surface area contributed by atoms with Crippen LogP contribution in [0.3, 0.4) is 0 Å². The third-order valence-electron chi connectivity index (χ3n) is 3.75. The third kappa shape index (κ3) is 3.55. The number of carbonyl (C=O) groups excluding carboxylic acids is 1. The van der Waals surface area contributed by atoms with Crippen molar-refractivity contribution < 1.29 is 9.53 Å². The predicted octanol–water partition coefficient (Wildman–Crippen LogP) is 1.81. The summed E-state index contributed by atoms with van der Waals surface area (Å²) in [7, 11) is 0. The molecule has 3 rings (SSSR count). The number of ether oxygens (including phenoxy) is 1. The predicted molar refractivity (Wildman–Crippen MR) is 85.0 cm³/mol. The Kier molecular flexibility index (Phi) is 4.53. The summed E-state index contributed by atoms with van der Waals surface area (Å²) in [6.45, 7) is 3.22. The van der Waals surface area contributed by atoms with E-state index in [1.807, 2.05) is 23.1 Å². The first-order valence-electron chi connectivity index (χ1n) is 7.43. The summed E-state index contributed by atoms with van der Waals surface area (Å²) in [6, 6.07) is 13.9. The Morgan fingerprint density at radius 3 is 2.50 bits per heavy atom. The highest BCUT2D eigenvalue weighted by atomic mass is 16.5. The first-order chi connectivity index (χ1) is 10.8. The summed E-state index contributed by atoms with van der Waals surface area (Å²) in [5.74, 6) is 0.648. The highest BCUT2D eigenvalue weighted by molar-refractivity contribution is 5.78. The maximum Gasteiger partial charge on any atom is 0.260 e. The quantitative estimate of drug-likeness (QED) is 0.863. The molecule has 1 amide bonds. The Labute approximate surface area is 130 Å². The van der Waals surface area contributed by atoms with Crippen LogP contribution in [0.25, 0.3) is 0 Å². The molecule has 1 saturated heterocycles. The summed E-state index contributed by atoms with van der Waals surface area (Å²) in [5, 5.41) is 0. The minimum Gasteiger partial charge on any atom is -0.482 e. The van der Waals surface area contributed by atoms with Crippen LogP contribution in [-0.4, -0.2) is 48.6 Å². The van der Waals surface area contributed by atoms with Crippen LogP contribution in [0.4, 0.5) is 5.69 Å². The highest BCUT2D eigenvalue weighted by Gasteiger charge is 2.21. The summed E-state index contributed by atoms with van der Waals surface area (Å²) in [5.41, 5.74) is 1.21. The molecule has 2 heterocycles. The molecule has 5 heteroatoms. The van der Waals surface area contributed by atoms with Gasteiger partial charge in [-0.05, 0) is 24.3 Å². The van der Waals surface area contributed by atoms with Gasteiger partial charge >= 0.3 is 0 Å². The molecule has 0 spiro atoms. The minimum absolute atomic E-state index is 0.0246. The van der Waals surface area contributed by atoms with Crippen LogP contribution in [0.1, 0.15) is 0 Å². The maximum atomic E-state index is 12.2. The van der Waals surface area contributed by atoms with Gasteiger partial charge in [0.25, 0.3) is 5.91 Å². The van der Waals surface area contributed by atoms with Gasteiger partial charge < -0.3 is 14.5 Å².